The third-order valence-corrected chi connectivity index (χ3v) is 3.42. The number of nitrogens with zero attached hydrogens (tertiary/aromatic N) is 1. The standard InChI is InChI=1S/C14H21FN2O/c15-13-5-1-2-6-14(13)18-11-12(7-8-16)17-9-3-4-10-17/h1-2,5-6,12H,3-4,7-11,16H2. The molecular weight excluding hydrogens is 231 g/mol. The van der Waals surface area contributed by atoms with Crippen molar-refractivity contribution in [1.82, 2.24) is 4.90 Å². The fraction of sp³-hybridized carbons (Fsp3) is 0.571. The van der Waals surface area contributed by atoms with Crippen molar-refractivity contribution in [2.75, 3.05) is 26.2 Å². The van der Waals surface area contributed by atoms with Gasteiger partial charge in [-0.1, -0.05) is 12.1 Å². The van der Waals surface area contributed by atoms with Crippen molar-refractivity contribution >= 4 is 0 Å². The number of hydrogen-bond acceptors (Lipinski definition) is 3. The first-order valence-electron chi connectivity index (χ1n) is 6.62. The number of hydrogen-bond donors (Lipinski definition) is 1. The van der Waals surface area contributed by atoms with Crippen LogP contribution in [0.3, 0.4) is 0 Å². The Morgan fingerprint density at radius 3 is 2.67 bits per heavy atom. The zero-order chi connectivity index (χ0) is 12.8. The Kier molecular flexibility index (Phi) is 4.96. The summed E-state index contributed by atoms with van der Waals surface area (Å²) in [6.45, 7) is 3.36. The van der Waals surface area contributed by atoms with Gasteiger partial charge in [0.15, 0.2) is 11.6 Å². The van der Waals surface area contributed by atoms with E-state index in [0.717, 1.165) is 19.5 Å². The quantitative estimate of drug-likeness (QED) is 0.841. The third kappa shape index (κ3) is 3.43. The Balaban J connectivity index is 1.91. The number of halogens is 1. The fourth-order valence-electron chi connectivity index (χ4n) is 2.42. The number of para-hydroxylation sites is 1. The van der Waals surface area contributed by atoms with Gasteiger partial charge in [0.05, 0.1) is 0 Å². The second kappa shape index (κ2) is 6.71. The summed E-state index contributed by atoms with van der Waals surface area (Å²) < 4.78 is 19.0. The van der Waals surface area contributed by atoms with Crippen molar-refractivity contribution in [1.29, 1.82) is 0 Å². The minimum Gasteiger partial charge on any atom is -0.489 e. The molecule has 1 fully saturated rings. The number of nitrogens with two attached hydrogens (primary N) is 1. The van der Waals surface area contributed by atoms with Crippen molar-refractivity contribution in [3.8, 4) is 5.75 Å². The molecule has 100 valence electrons. The van der Waals surface area contributed by atoms with Gasteiger partial charge in [0, 0.05) is 6.04 Å². The third-order valence-electron chi connectivity index (χ3n) is 3.42. The van der Waals surface area contributed by atoms with Crippen molar-refractivity contribution < 1.29 is 9.13 Å². The number of ether oxygens (including phenoxy) is 1. The molecule has 3 nitrogen and oxygen atoms in total. The average molecular weight is 252 g/mol. The Morgan fingerprint density at radius 2 is 2.00 bits per heavy atom. The zero-order valence-corrected chi connectivity index (χ0v) is 10.6. The monoisotopic (exact) mass is 252 g/mol. The van der Waals surface area contributed by atoms with Crippen LogP contribution in [0.25, 0.3) is 0 Å². The first-order chi connectivity index (χ1) is 8.81. The van der Waals surface area contributed by atoms with Gasteiger partial charge in [-0.15, -0.1) is 0 Å². The summed E-state index contributed by atoms with van der Waals surface area (Å²) >= 11 is 0. The van der Waals surface area contributed by atoms with Gasteiger partial charge in [-0.2, -0.15) is 0 Å². The minimum atomic E-state index is -0.301. The van der Waals surface area contributed by atoms with Gasteiger partial charge in [-0.3, -0.25) is 4.90 Å². The lowest BCUT2D eigenvalue weighted by atomic mass is 10.2. The summed E-state index contributed by atoms with van der Waals surface area (Å²) in [4.78, 5) is 2.40. The molecule has 1 heterocycles. The molecule has 0 amide bonds. The highest BCUT2D eigenvalue weighted by Gasteiger charge is 2.22. The van der Waals surface area contributed by atoms with E-state index < -0.39 is 0 Å². The fourth-order valence-corrected chi connectivity index (χ4v) is 2.42. The van der Waals surface area contributed by atoms with E-state index in [2.05, 4.69) is 4.90 Å². The maximum absolute atomic E-state index is 13.4. The van der Waals surface area contributed by atoms with Gasteiger partial charge in [0.1, 0.15) is 6.61 Å². The Morgan fingerprint density at radius 1 is 1.28 bits per heavy atom. The number of rotatable bonds is 6. The molecule has 1 aliphatic rings. The first kappa shape index (κ1) is 13.3. The van der Waals surface area contributed by atoms with E-state index >= 15 is 0 Å². The molecule has 0 spiro atoms. The second-order valence-electron chi connectivity index (χ2n) is 4.72. The molecule has 0 bridgehead atoms. The van der Waals surface area contributed by atoms with E-state index in [9.17, 15) is 4.39 Å². The van der Waals surface area contributed by atoms with Crippen molar-refractivity contribution in [3.63, 3.8) is 0 Å². The normalized spacial score (nSPS) is 17.9. The highest BCUT2D eigenvalue weighted by molar-refractivity contribution is 5.23. The van der Waals surface area contributed by atoms with Crippen LogP contribution in [0.2, 0.25) is 0 Å². The van der Waals surface area contributed by atoms with Crippen LogP contribution in [0.15, 0.2) is 24.3 Å². The highest BCUT2D eigenvalue weighted by Crippen LogP contribution is 2.18. The van der Waals surface area contributed by atoms with Gasteiger partial charge in [0.2, 0.25) is 0 Å². The summed E-state index contributed by atoms with van der Waals surface area (Å²) in [5.74, 6) is 0.0316. The molecule has 0 aromatic heterocycles. The van der Waals surface area contributed by atoms with Gasteiger partial charge < -0.3 is 10.5 Å². The number of benzene rings is 1. The van der Waals surface area contributed by atoms with E-state index in [0.29, 0.717) is 24.9 Å². The van der Waals surface area contributed by atoms with E-state index in [-0.39, 0.29) is 5.82 Å². The summed E-state index contributed by atoms with van der Waals surface area (Å²) in [6.07, 6.45) is 3.37. The molecule has 1 unspecified atom stereocenters. The van der Waals surface area contributed by atoms with Crippen LogP contribution < -0.4 is 10.5 Å². The highest BCUT2D eigenvalue weighted by atomic mass is 19.1. The van der Waals surface area contributed by atoms with E-state index in [1.807, 2.05) is 0 Å². The molecule has 1 aromatic rings. The van der Waals surface area contributed by atoms with Crippen molar-refractivity contribution in [2.45, 2.75) is 25.3 Å². The Labute approximate surface area is 108 Å². The summed E-state index contributed by atoms with van der Waals surface area (Å²) in [6, 6.07) is 6.84. The molecule has 2 rings (SSSR count). The summed E-state index contributed by atoms with van der Waals surface area (Å²) in [5, 5.41) is 0. The van der Waals surface area contributed by atoms with Crippen molar-refractivity contribution in [2.24, 2.45) is 5.73 Å². The van der Waals surface area contributed by atoms with Gasteiger partial charge in [-0.25, -0.2) is 4.39 Å². The Hall–Kier alpha value is -1.13. The smallest absolute Gasteiger partial charge is 0.165 e. The molecule has 1 aromatic carbocycles. The van der Waals surface area contributed by atoms with Crippen LogP contribution >= 0.6 is 0 Å². The minimum absolute atomic E-state index is 0.301. The molecule has 0 radical (unpaired) electrons. The molecular formula is C14H21FN2O. The van der Waals surface area contributed by atoms with Gasteiger partial charge in [-0.05, 0) is 51.0 Å². The topological polar surface area (TPSA) is 38.5 Å². The van der Waals surface area contributed by atoms with E-state index in [4.69, 9.17) is 10.5 Å². The Bertz CT molecular complexity index is 367. The van der Waals surface area contributed by atoms with E-state index in [1.54, 1.807) is 18.2 Å². The predicted octanol–water partition coefficient (Wildman–Crippen LogP) is 2.02. The average Bonchev–Trinajstić information content (AvgIpc) is 2.90. The molecule has 0 aliphatic carbocycles. The first-order valence-corrected chi connectivity index (χ1v) is 6.62. The molecule has 1 aliphatic heterocycles. The predicted molar refractivity (Wildman–Crippen MR) is 70.2 cm³/mol. The lowest BCUT2D eigenvalue weighted by Crippen LogP contribution is -2.39. The van der Waals surface area contributed by atoms with Crippen molar-refractivity contribution in [3.05, 3.63) is 30.1 Å². The van der Waals surface area contributed by atoms with Crippen LogP contribution in [0.4, 0.5) is 4.39 Å². The number of likely N-dealkylation sites (tertiary alicyclic amines) is 1. The lowest BCUT2D eigenvalue weighted by molar-refractivity contribution is 0.150. The zero-order valence-electron chi connectivity index (χ0n) is 10.6. The van der Waals surface area contributed by atoms with Crippen LogP contribution in [0.1, 0.15) is 19.3 Å². The van der Waals surface area contributed by atoms with Gasteiger partial charge >= 0.3 is 0 Å². The maximum atomic E-state index is 13.4. The maximum Gasteiger partial charge on any atom is 0.165 e. The summed E-state index contributed by atoms with van der Waals surface area (Å²) in [7, 11) is 0. The SMILES string of the molecule is NCCC(COc1ccccc1F)N1CCCC1. The molecule has 2 N–H and O–H groups in total. The lowest BCUT2D eigenvalue weighted by Gasteiger charge is -2.27. The van der Waals surface area contributed by atoms with Crippen LogP contribution in [-0.2, 0) is 0 Å². The second-order valence-corrected chi connectivity index (χ2v) is 4.72. The molecule has 4 heteroatoms. The largest absolute Gasteiger partial charge is 0.489 e. The van der Waals surface area contributed by atoms with Crippen LogP contribution in [0, 0.1) is 5.82 Å². The molecule has 0 saturated carbocycles. The molecule has 1 atom stereocenters. The van der Waals surface area contributed by atoms with Crippen LogP contribution in [0.5, 0.6) is 5.75 Å². The molecule has 18 heavy (non-hydrogen) atoms. The van der Waals surface area contributed by atoms with Gasteiger partial charge in [0.25, 0.3) is 0 Å². The van der Waals surface area contributed by atoms with E-state index in [1.165, 1.54) is 18.9 Å². The summed E-state index contributed by atoms with van der Waals surface area (Å²) in [5.41, 5.74) is 5.64. The van der Waals surface area contributed by atoms with Crippen LogP contribution in [-0.4, -0.2) is 37.2 Å². The molecule has 1 saturated heterocycles.